The van der Waals surface area contributed by atoms with E-state index in [9.17, 15) is 9.59 Å². The van der Waals surface area contributed by atoms with Crippen molar-refractivity contribution in [1.29, 1.82) is 0 Å². The third-order valence-electron chi connectivity index (χ3n) is 3.01. The number of thioether (sulfide) groups is 1. The summed E-state index contributed by atoms with van der Waals surface area (Å²) in [6, 6.07) is 7.40. The van der Waals surface area contributed by atoms with E-state index in [-0.39, 0.29) is 23.5 Å². The van der Waals surface area contributed by atoms with E-state index in [4.69, 9.17) is 9.84 Å². The van der Waals surface area contributed by atoms with Crippen LogP contribution in [0.25, 0.3) is 0 Å². The van der Waals surface area contributed by atoms with Crippen LogP contribution in [0.15, 0.2) is 24.3 Å². The molecule has 0 spiro atoms. The van der Waals surface area contributed by atoms with Gasteiger partial charge in [-0.3, -0.25) is 9.59 Å². The van der Waals surface area contributed by atoms with Crippen molar-refractivity contribution in [3.05, 3.63) is 29.8 Å². The Labute approximate surface area is 122 Å². The Hall–Kier alpha value is -1.69. The van der Waals surface area contributed by atoms with E-state index in [2.05, 4.69) is 0 Å². The van der Waals surface area contributed by atoms with Crippen molar-refractivity contribution in [3.63, 3.8) is 0 Å². The standard InChI is InChI=1S/C14H19NO4S/c1-10(11-6-4-5-7-12(11)19-3)15(2)13(16)8-20-9-14(17)18/h4-7,10H,8-9H2,1-3H3,(H,17,18). The molecule has 0 bridgehead atoms. The third-order valence-corrected chi connectivity index (χ3v) is 3.92. The van der Waals surface area contributed by atoms with E-state index >= 15 is 0 Å². The average Bonchev–Trinajstić information content (AvgIpc) is 2.45. The summed E-state index contributed by atoms with van der Waals surface area (Å²) in [5.41, 5.74) is 0.925. The Morgan fingerprint density at radius 3 is 2.60 bits per heavy atom. The molecule has 0 aliphatic heterocycles. The Kier molecular flexibility index (Phi) is 6.38. The number of nitrogens with zero attached hydrogens (tertiary/aromatic N) is 1. The topological polar surface area (TPSA) is 66.8 Å². The SMILES string of the molecule is COc1ccccc1C(C)N(C)C(=O)CSCC(=O)O. The van der Waals surface area contributed by atoms with Crippen LogP contribution in [0.4, 0.5) is 0 Å². The van der Waals surface area contributed by atoms with Crippen LogP contribution in [0.1, 0.15) is 18.5 Å². The van der Waals surface area contributed by atoms with Crippen LogP contribution < -0.4 is 4.74 Å². The molecule has 1 atom stereocenters. The van der Waals surface area contributed by atoms with Crippen LogP contribution in [0.3, 0.4) is 0 Å². The molecular weight excluding hydrogens is 278 g/mol. The summed E-state index contributed by atoms with van der Waals surface area (Å²) in [6.45, 7) is 1.91. The van der Waals surface area contributed by atoms with Gasteiger partial charge in [0, 0.05) is 12.6 Å². The first-order valence-corrected chi connectivity index (χ1v) is 7.31. The van der Waals surface area contributed by atoms with Gasteiger partial charge in [0.05, 0.1) is 24.7 Å². The molecule has 0 aliphatic rings. The zero-order valence-electron chi connectivity index (χ0n) is 11.8. The largest absolute Gasteiger partial charge is 0.496 e. The molecule has 1 unspecified atom stereocenters. The highest BCUT2D eigenvalue weighted by Gasteiger charge is 2.20. The fourth-order valence-corrected chi connectivity index (χ4v) is 2.42. The Bertz CT molecular complexity index is 478. The normalized spacial score (nSPS) is 11.8. The molecule has 6 heteroatoms. The molecule has 0 saturated carbocycles. The van der Waals surface area contributed by atoms with Gasteiger partial charge >= 0.3 is 5.97 Å². The summed E-state index contributed by atoms with van der Waals surface area (Å²) in [6.07, 6.45) is 0. The highest BCUT2D eigenvalue weighted by Crippen LogP contribution is 2.28. The number of ether oxygens (including phenoxy) is 1. The van der Waals surface area contributed by atoms with Gasteiger partial charge in [-0.15, -0.1) is 11.8 Å². The van der Waals surface area contributed by atoms with Gasteiger partial charge in [0.1, 0.15) is 5.75 Å². The maximum atomic E-state index is 12.0. The minimum absolute atomic E-state index is 0.0668. The van der Waals surface area contributed by atoms with Gasteiger partial charge in [0.25, 0.3) is 0 Å². The van der Waals surface area contributed by atoms with Crippen LogP contribution in [0.5, 0.6) is 5.75 Å². The van der Waals surface area contributed by atoms with Gasteiger partial charge in [-0.2, -0.15) is 0 Å². The lowest BCUT2D eigenvalue weighted by Crippen LogP contribution is -2.31. The number of rotatable bonds is 7. The first-order valence-electron chi connectivity index (χ1n) is 6.15. The van der Waals surface area contributed by atoms with E-state index in [1.165, 1.54) is 0 Å². The average molecular weight is 297 g/mol. The van der Waals surface area contributed by atoms with Crippen molar-refractivity contribution in [1.82, 2.24) is 4.90 Å². The second-order valence-electron chi connectivity index (χ2n) is 4.31. The van der Waals surface area contributed by atoms with Crippen LogP contribution in [0, 0.1) is 0 Å². The summed E-state index contributed by atoms with van der Waals surface area (Å²) in [4.78, 5) is 24.0. The maximum Gasteiger partial charge on any atom is 0.313 e. The van der Waals surface area contributed by atoms with Crippen molar-refractivity contribution in [2.24, 2.45) is 0 Å². The first-order chi connectivity index (χ1) is 9.47. The number of carbonyl (C=O) groups is 2. The molecule has 0 heterocycles. The number of carbonyl (C=O) groups excluding carboxylic acids is 1. The lowest BCUT2D eigenvalue weighted by atomic mass is 10.1. The molecule has 0 saturated heterocycles. The number of methoxy groups -OCH3 is 1. The quantitative estimate of drug-likeness (QED) is 0.834. The molecular formula is C14H19NO4S. The predicted octanol–water partition coefficient (Wildman–Crippen LogP) is 2.03. The number of benzene rings is 1. The number of amides is 1. The highest BCUT2D eigenvalue weighted by molar-refractivity contribution is 8.00. The first kappa shape index (κ1) is 16.4. The number of aliphatic carboxylic acids is 1. The summed E-state index contributed by atoms with van der Waals surface area (Å²) in [5, 5.41) is 8.56. The van der Waals surface area contributed by atoms with Crippen molar-refractivity contribution >= 4 is 23.6 Å². The number of carboxylic acid groups (broad SMARTS) is 1. The molecule has 0 aromatic heterocycles. The van der Waals surface area contributed by atoms with E-state index in [0.29, 0.717) is 0 Å². The molecule has 110 valence electrons. The highest BCUT2D eigenvalue weighted by atomic mass is 32.2. The summed E-state index contributed by atoms with van der Waals surface area (Å²) >= 11 is 1.10. The van der Waals surface area contributed by atoms with Crippen molar-refractivity contribution in [2.45, 2.75) is 13.0 Å². The van der Waals surface area contributed by atoms with E-state index in [1.54, 1.807) is 19.1 Å². The van der Waals surface area contributed by atoms with Crippen LogP contribution in [0.2, 0.25) is 0 Å². The number of hydrogen-bond acceptors (Lipinski definition) is 4. The van der Waals surface area contributed by atoms with Crippen LogP contribution in [-0.4, -0.2) is 47.5 Å². The molecule has 20 heavy (non-hydrogen) atoms. The van der Waals surface area contributed by atoms with Gasteiger partial charge < -0.3 is 14.7 Å². The summed E-state index contributed by atoms with van der Waals surface area (Å²) in [5.74, 6) is -0.194. The molecule has 1 aromatic carbocycles. The lowest BCUT2D eigenvalue weighted by Gasteiger charge is -2.26. The second-order valence-corrected chi connectivity index (χ2v) is 5.29. The number of hydrogen-bond donors (Lipinski definition) is 1. The number of carboxylic acids is 1. The zero-order valence-corrected chi connectivity index (χ0v) is 12.6. The minimum atomic E-state index is -0.914. The van der Waals surface area contributed by atoms with Crippen molar-refractivity contribution in [3.8, 4) is 5.75 Å². The Balaban J connectivity index is 2.68. The molecule has 0 fully saturated rings. The molecule has 5 nitrogen and oxygen atoms in total. The fourth-order valence-electron chi connectivity index (χ4n) is 1.76. The van der Waals surface area contributed by atoms with E-state index in [1.807, 2.05) is 31.2 Å². The Morgan fingerprint density at radius 2 is 2.00 bits per heavy atom. The monoisotopic (exact) mass is 297 g/mol. The molecule has 0 radical (unpaired) electrons. The van der Waals surface area contributed by atoms with E-state index in [0.717, 1.165) is 23.1 Å². The molecule has 1 rings (SSSR count). The molecule has 1 amide bonds. The number of para-hydroxylation sites is 1. The molecule has 0 aliphatic carbocycles. The van der Waals surface area contributed by atoms with Gasteiger partial charge in [-0.1, -0.05) is 18.2 Å². The lowest BCUT2D eigenvalue weighted by molar-refractivity contribution is -0.133. The molecule has 1 aromatic rings. The third kappa shape index (κ3) is 4.45. The second kappa shape index (κ2) is 7.79. The van der Waals surface area contributed by atoms with Gasteiger partial charge in [-0.05, 0) is 13.0 Å². The zero-order chi connectivity index (χ0) is 15.1. The Morgan fingerprint density at radius 1 is 1.35 bits per heavy atom. The predicted molar refractivity (Wildman–Crippen MR) is 79.1 cm³/mol. The summed E-state index contributed by atoms with van der Waals surface area (Å²) < 4.78 is 5.29. The van der Waals surface area contributed by atoms with Gasteiger partial charge in [0.15, 0.2) is 0 Å². The van der Waals surface area contributed by atoms with Gasteiger partial charge in [-0.25, -0.2) is 0 Å². The minimum Gasteiger partial charge on any atom is -0.496 e. The van der Waals surface area contributed by atoms with Gasteiger partial charge in [0.2, 0.25) is 5.91 Å². The van der Waals surface area contributed by atoms with E-state index < -0.39 is 5.97 Å². The van der Waals surface area contributed by atoms with Crippen molar-refractivity contribution < 1.29 is 19.4 Å². The van der Waals surface area contributed by atoms with Crippen LogP contribution in [-0.2, 0) is 9.59 Å². The van der Waals surface area contributed by atoms with Crippen molar-refractivity contribution in [2.75, 3.05) is 25.7 Å². The maximum absolute atomic E-state index is 12.0. The molecule has 1 N–H and O–H groups in total. The summed E-state index contributed by atoms with van der Waals surface area (Å²) in [7, 11) is 3.30. The smallest absolute Gasteiger partial charge is 0.313 e. The van der Waals surface area contributed by atoms with Crippen LogP contribution >= 0.6 is 11.8 Å². The fraction of sp³-hybridized carbons (Fsp3) is 0.429.